The fourth-order valence-corrected chi connectivity index (χ4v) is 1.82. The van der Waals surface area contributed by atoms with E-state index in [-0.39, 0.29) is 11.3 Å². The van der Waals surface area contributed by atoms with Gasteiger partial charge in [0.2, 0.25) is 5.88 Å². The van der Waals surface area contributed by atoms with Crippen LogP contribution in [0.2, 0.25) is 5.02 Å². The molecule has 19 heavy (non-hydrogen) atoms. The number of benzene rings is 1. The van der Waals surface area contributed by atoms with Crippen LogP contribution in [0.4, 0.5) is 0 Å². The average molecular weight is 343 g/mol. The van der Waals surface area contributed by atoms with Crippen molar-refractivity contribution in [1.82, 2.24) is 4.98 Å². The van der Waals surface area contributed by atoms with Gasteiger partial charge in [-0.25, -0.2) is 9.78 Å². The highest BCUT2D eigenvalue weighted by atomic mass is 79.9. The molecule has 4 nitrogen and oxygen atoms in total. The number of ether oxygens (including phenoxy) is 1. The SMILES string of the molecule is Cc1cc(Oc2cc(Cl)ccc2C(=O)O)ncc1Br. The standard InChI is InChI=1S/C13H9BrClNO3/c1-7-4-12(16-6-10(7)14)19-11-5-8(15)2-3-9(11)13(17)18/h2-6H,1H3,(H,17,18). The Bertz CT molecular complexity index is 646. The number of carboxylic acid groups (broad SMARTS) is 1. The number of hydrogen-bond acceptors (Lipinski definition) is 3. The van der Waals surface area contributed by atoms with Gasteiger partial charge in [0.15, 0.2) is 0 Å². The molecule has 0 saturated heterocycles. The summed E-state index contributed by atoms with van der Waals surface area (Å²) in [5.41, 5.74) is 0.968. The summed E-state index contributed by atoms with van der Waals surface area (Å²) in [4.78, 5) is 15.2. The van der Waals surface area contributed by atoms with Crippen molar-refractivity contribution in [1.29, 1.82) is 0 Å². The van der Waals surface area contributed by atoms with Crippen LogP contribution in [0.5, 0.6) is 11.6 Å². The van der Waals surface area contributed by atoms with Crippen LogP contribution in [-0.4, -0.2) is 16.1 Å². The maximum absolute atomic E-state index is 11.1. The van der Waals surface area contributed by atoms with Crippen LogP contribution >= 0.6 is 27.5 Å². The van der Waals surface area contributed by atoms with Crippen molar-refractivity contribution in [2.24, 2.45) is 0 Å². The van der Waals surface area contributed by atoms with Crippen molar-refractivity contribution in [2.45, 2.75) is 6.92 Å². The number of aromatic carboxylic acids is 1. The first-order valence-corrected chi connectivity index (χ1v) is 6.47. The van der Waals surface area contributed by atoms with Gasteiger partial charge in [-0.3, -0.25) is 0 Å². The molecular weight excluding hydrogens is 334 g/mol. The largest absolute Gasteiger partial charge is 0.478 e. The summed E-state index contributed by atoms with van der Waals surface area (Å²) in [6.07, 6.45) is 1.59. The molecule has 1 aromatic carbocycles. The fraction of sp³-hybridized carbons (Fsp3) is 0.0769. The summed E-state index contributed by atoms with van der Waals surface area (Å²) in [5.74, 6) is -0.611. The van der Waals surface area contributed by atoms with Gasteiger partial charge < -0.3 is 9.84 Å². The summed E-state index contributed by atoms with van der Waals surface area (Å²) in [6.45, 7) is 1.88. The Kier molecular flexibility index (Phi) is 4.07. The minimum absolute atomic E-state index is 0.0340. The lowest BCUT2D eigenvalue weighted by molar-refractivity contribution is 0.0694. The highest BCUT2D eigenvalue weighted by Crippen LogP contribution is 2.29. The number of carboxylic acids is 1. The molecule has 0 unspecified atom stereocenters. The van der Waals surface area contributed by atoms with E-state index in [0.717, 1.165) is 10.0 Å². The normalized spacial score (nSPS) is 10.3. The Morgan fingerprint density at radius 2 is 2.16 bits per heavy atom. The minimum Gasteiger partial charge on any atom is -0.478 e. The Morgan fingerprint density at radius 1 is 1.42 bits per heavy atom. The molecule has 0 radical (unpaired) electrons. The first-order chi connectivity index (χ1) is 8.97. The van der Waals surface area contributed by atoms with Crippen LogP contribution in [0.15, 0.2) is 34.9 Å². The van der Waals surface area contributed by atoms with E-state index >= 15 is 0 Å². The Hall–Kier alpha value is -1.59. The smallest absolute Gasteiger partial charge is 0.339 e. The maximum atomic E-state index is 11.1. The van der Waals surface area contributed by atoms with Crippen LogP contribution in [-0.2, 0) is 0 Å². The first kappa shape index (κ1) is 13.8. The van der Waals surface area contributed by atoms with Crippen LogP contribution in [0.1, 0.15) is 15.9 Å². The molecule has 1 aromatic heterocycles. The maximum Gasteiger partial charge on any atom is 0.339 e. The van der Waals surface area contributed by atoms with Gasteiger partial charge in [-0.1, -0.05) is 11.6 Å². The zero-order valence-electron chi connectivity index (χ0n) is 9.85. The van der Waals surface area contributed by atoms with Crippen molar-refractivity contribution in [3.05, 3.63) is 51.1 Å². The first-order valence-electron chi connectivity index (χ1n) is 5.30. The van der Waals surface area contributed by atoms with E-state index in [1.54, 1.807) is 12.3 Å². The van der Waals surface area contributed by atoms with Crippen LogP contribution in [0.25, 0.3) is 0 Å². The molecule has 0 bridgehead atoms. The second-order valence-electron chi connectivity index (χ2n) is 3.82. The molecule has 0 aliphatic carbocycles. The van der Waals surface area contributed by atoms with Crippen molar-refractivity contribution in [2.75, 3.05) is 0 Å². The molecule has 6 heteroatoms. The molecule has 2 rings (SSSR count). The third kappa shape index (κ3) is 3.24. The van der Waals surface area contributed by atoms with E-state index in [0.29, 0.717) is 10.9 Å². The van der Waals surface area contributed by atoms with Crippen LogP contribution in [0.3, 0.4) is 0 Å². The predicted octanol–water partition coefficient (Wildman–Crippen LogP) is 4.30. The van der Waals surface area contributed by atoms with Gasteiger partial charge in [0.25, 0.3) is 0 Å². The zero-order valence-corrected chi connectivity index (χ0v) is 12.2. The zero-order chi connectivity index (χ0) is 14.0. The third-order valence-electron chi connectivity index (χ3n) is 2.41. The van der Waals surface area contributed by atoms with Gasteiger partial charge in [-0.05, 0) is 40.5 Å². The molecule has 0 saturated carbocycles. The van der Waals surface area contributed by atoms with E-state index in [1.165, 1.54) is 18.2 Å². The summed E-state index contributed by atoms with van der Waals surface area (Å²) in [7, 11) is 0. The van der Waals surface area contributed by atoms with Crippen molar-refractivity contribution in [3.63, 3.8) is 0 Å². The van der Waals surface area contributed by atoms with Crippen molar-refractivity contribution >= 4 is 33.5 Å². The Morgan fingerprint density at radius 3 is 2.79 bits per heavy atom. The van der Waals surface area contributed by atoms with Gasteiger partial charge in [0, 0.05) is 27.8 Å². The number of aryl methyl sites for hydroxylation is 1. The second kappa shape index (κ2) is 5.59. The molecular formula is C13H9BrClNO3. The summed E-state index contributed by atoms with van der Waals surface area (Å²) in [6, 6.07) is 6.05. The lowest BCUT2D eigenvalue weighted by Gasteiger charge is -2.09. The van der Waals surface area contributed by atoms with E-state index in [4.69, 9.17) is 21.4 Å². The average Bonchev–Trinajstić information content (AvgIpc) is 2.33. The second-order valence-corrected chi connectivity index (χ2v) is 5.11. The predicted molar refractivity (Wildman–Crippen MR) is 75.2 cm³/mol. The number of hydrogen-bond donors (Lipinski definition) is 1. The molecule has 98 valence electrons. The quantitative estimate of drug-likeness (QED) is 0.903. The highest BCUT2D eigenvalue weighted by molar-refractivity contribution is 9.10. The van der Waals surface area contributed by atoms with E-state index in [2.05, 4.69) is 20.9 Å². The van der Waals surface area contributed by atoms with Crippen LogP contribution in [0, 0.1) is 6.92 Å². The monoisotopic (exact) mass is 341 g/mol. The highest BCUT2D eigenvalue weighted by Gasteiger charge is 2.13. The summed E-state index contributed by atoms with van der Waals surface area (Å²) < 4.78 is 6.34. The lowest BCUT2D eigenvalue weighted by atomic mass is 10.2. The molecule has 0 spiro atoms. The van der Waals surface area contributed by atoms with Gasteiger partial charge in [-0.15, -0.1) is 0 Å². The molecule has 0 fully saturated rings. The van der Waals surface area contributed by atoms with Gasteiger partial charge in [-0.2, -0.15) is 0 Å². The van der Waals surface area contributed by atoms with Gasteiger partial charge >= 0.3 is 5.97 Å². The fourth-order valence-electron chi connectivity index (χ4n) is 1.44. The Balaban J connectivity index is 2.39. The number of halogens is 2. The van der Waals surface area contributed by atoms with E-state index in [1.807, 2.05) is 6.92 Å². The van der Waals surface area contributed by atoms with E-state index in [9.17, 15) is 4.79 Å². The molecule has 0 amide bonds. The van der Waals surface area contributed by atoms with Crippen LogP contribution < -0.4 is 4.74 Å². The summed E-state index contributed by atoms with van der Waals surface area (Å²) >= 11 is 9.17. The lowest BCUT2D eigenvalue weighted by Crippen LogP contribution is -2.00. The number of aromatic nitrogens is 1. The topological polar surface area (TPSA) is 59.4 Å². The number of carbonyl (C=O) groups is 1. The van der Waals surface area contributed by atoms with Crippen molar-refractivity contribution in [3.8, 4) is 11.6 Å². The molecule has 0 atom stereocenters. The molecule has 1 heterocycles. The number of pyridine rings is 1. The van der Waals surface area contributed by atoms with E-state index < -0.39 is 5.97 Å². The molecule has 1 N–H and O–H groups in total. The summed E-state index contributed by atoms with van der Waals surface area (Å²) in [5, 5.41) is 9.48. The van der Waals surface area contributed by atoms with Gasteiger partial charge in [0.1, 0.15) is 11.3 Å². The number of rotatable bonds is 3. The minimum atomic E-state index is -1.08. The van der Waals surface area contributed by atoms with Crippen molar-refractivity contribution < 1.29 is 14.6 Å². The molecule has 0 aliphatic rings. The Labute approximate surface area is 123 Å². The molecule has 0 aliphatic heterocycles. The van der Waals surface area contributed by atoms with Gasteiger partial charge in [0.05, 0.1) is 0 Å². The number of nitrogens with zero attached hydrogens (tertiary/aromatic N) is 1. The molecule has 2 aromatic rings. The third-order valence-corrected chi connectivity index (χ3v) is 3.48.